The summed E-state index contributed by atoms with van der Waals surface area (Å²) in [5.74, 6) is 0.586. The van der Waals surface area contributed by atoms with Crippen LogP contribution in [-0.4, -0.2) is 61.3 Å². The molecule has 1 aromatic carbocycles. The first-order valence-electron chi connectivity index (χ1n) is 7.30. The standard InChI is InChI=1S/C15H20Cl2N2O3/c1-11(20)19-6-4-18(5-7-19)9-13(21)10-22-15-8-12(16)2-3-14(15)17/h2-3,8,13,21H,4-7,9-10H2,1H3/p+1/t13-/m0/s1. The number of hydrogen-bond acceptors (Lipinski definition) is 3. The number of benzene rings is 1. The minimum absolute atomic E-state index is 0.110. The average molecular weight is 348 g/mol. The summed E-state index contributed by atoms with van der Waals surface area (Å²) < 4.78 is 5.54. The van der Waals surface area contributed by atoms with Crippen LogP contribution in [0.25, 0.3) is 0 Å². The monoisotopic (exact) mass is 347 g/mol. The Morgan fingerprint density at radius 1 is 1.41 bits per heavy atom. The summed E-state index contributed by atoms with van der Waals surface area (Å²) in [5, 5.41) is 11.1. The van der Waals surface area contributed by atoms with Crippen molar-refractivity contribution in [2.45, 2.75) is 13.0 Å². The number of hydrogen-bond donors (Lipinski definition) is 2. The van der Waals surface area contributed by atoms with E-state index in [1.54, 1.807) is 25.1 Å². The van der Waals surface area contributed by atoms with Crippen LogP contribution < -0.4 is 9.64 Å². The summed E-state index contributed by atoms with van der Waals surface area (Å²) in [6.07, 6.45) is -0.589. The second-order valence-electron chi connectivity index (χ2n) is 5.50. The minimum atomic E-state index is -0.589. The fourth-order valence-corrected chi connectivity index (χ4v) is 2.84. The topological polar surface area (TPSA) is 54.2 Å². The zero-order valence-electron chi connectivity index (χ0n) is 12.5. The van der Waals surface area contributed by atoms with E-state index in [1.807, 2.05) is 4.90 Å². The Balaban J connectivity index is 1.75. The van der Waals surface area contributed by atoms with Gasteiger partial charge in [-0.2, -0.15) is 0 Å². The van der Waals surface area contributed by atoms with Gasteiger partial charge in [-0.15, -0.1) is 0 Å². The molecule has 1 aliphatic heterocycles. The fraction of sp³-hybridized carbons (Fsp3) is 0.533. The number of ether oxygens (including phenoxy) is 1. The molecule has 2 rings (SSSR count). The van der Waals surface area contributed by atoms with Gasteiger partial charge < -0.3 is 19.6 Å². The SMILES string of the molecule is CC(=O)N1CC[NH+](C[C@H](O)COc2cc(Cl)ccc2Cl)CC1. The molecule has 0 bridgehead atoms. The smallest absolute Gasteiger partial charge is 0.219 e. The van der Waals surface area contributed by atoms with Crippen LogP contribution in [-0.2, 0) is 4.79 Å². The molecule has 1 aliphatic rings. The third-order valence-corrected chi connectivity index (χ3v) is 4.31. The summed E-state index contributed by atoms with van der Waals surface area (Å²) >= 11 is 11.9. The minimum Gasteiger partial charge on any atom is -0.489 e. The van der Waals surface area contributed by atoms with Gasteiger partial charge in [0.2, 0.25) is 5.91 Å². The van der Waals surface area contributed by atoms with Gasteiger partial charge in [0, 0.05) is 18.0 Å². The molecule has 122 valence electrons. The highest BCUT2D eigenvalue weighted by molar-refractivity contribution is 6.34. The Morgan fingerprint density at radius 2 is 2.09 bits per heavy atom. The van der Waals surface area contributed by atoms with Crippen LogP contribution in [0.15, 0.2) is 18.2 Å². The first-order valence-corrected chi connectivity index (χ1v) is 8.06. The number of nitrogens with one attached hydrogen (secondary N) is 1. The molecule has 0 spiro atoms. The third-order valence-electron chi connectivity index (χ3n) is 3.76. The molecule has 1 atom stereocenters. The van der Waals surface area contributed by atoms with Crippen molar-refractivity contribution in [1.82, 2.24) is 4.90 Å². The van der Waals surface area contributed by atoms with Crippen LogP contribution in [0.1, 0.15) is 6.92 Å². The number of nitrogens with zero attached hydrogens (tertiary/aromatic N) is 1. The van der Waals surface area contributed by atoms with Crippen LogP contribution in [0.2, 0.25) is 10.0 Å². The van der Waals surface area contributed by atoms with E-state index in [4.69, 9.17) is 27.9 Å². The second kappa shape index (κ2) is 8.02. The lowest BCUT2D eigenvalue weighted by Crippen LogP contribution is -3.15. The number of aliphatic hydroxyl groups excluding tert-OH is 1. The van der Waals surface area contributed by atoms with Gasteiger partial charge in [-0.05, 0) is 12.1 Å². The Labute approximate surface area is 140 Å². The molecule has 2 N–H and O–H groups in total. The van der Waals surface area contributed by atoms with E-state index in [2.05, 4.69) is 0 Å². The number of amides is 1. The van der Waals surface area contributed by atoms with Gasteiger partial charge in [0.15, 0.2) is 0 Å². The molecule has 1 fully saturated rings. The summed E-state index contributed by atoms with van der Waals surface area (Å²) in [4.78, 5) is 14.4. The predicted octanol–water partition coefficient (Wildman–Crippen LogP) is 0.480. The number of rotatable bonds is 5. The highest BCUT2D eigenvalue weighted by Crippen LogP contribution is 2.27. The van der Waals surface area contributed by atoms with E-state index < -0.39 is 6.10 Å². The maximum Gasteiger partial charge on any atom is 0.219 e. The molecule has 0 radical (unpaired) electrons. The fourth-order valence-electron chi connectivity index (χ4n) is 2.51. The Hall–Kier alpha value is -1.01. The Kier molecular flexibility index (Phi) is 6.32. The van der Waals surface area contributed by atoms with Gasteiger partial charge in [-0.25, -0.2) is 0 Å². The molecule has 1 amide bonds. The van der Waals surface area contributed by atoms with E-state index in [-0.39, 0.29) is 12.5 Å². The molecule has 0 aromatic heterocycles. The highest BCUT2D eigenvalue weighted by atomic mass is 35.5. The lowest BCUT2D eigenvalue weighted by Gasteiger charge is -2.32. The summed E-state index contributed by atoms with van der Waals surface area (Å²) in [7, 11) is 0. The van der Waals surface area contributed by atoms with Crippen molar-refractivity contribution in [3.05, 3.63) is 28.2 Å². The number of carbonyl (C=O) groups is 1. The van der Waals surface area contributed by atoms with Crippen molar-refractivity contribution < 1.29 is 19.5 Å². The van der Waals surface area contributed by atoms with Gasteiger partial charge in [0.1, 0.15) is 25.0 Å². The molecular formula is C15H21Cl2N2O3+. The van der Waals surface area contributed by atoms with Crippen molar-refractivity contribution in [2.75, 3.05) is 39.3 Å². The predicted molar refractivity (Wildman–Crippen MR) is 85.8 cm³/mol. The van der Waals surface area contributed by atoms with Gasteiger partial charge in [-0.1, -0.05) is 23.2 Å². The number of carbonyl (C=O) groups excluding carboxylic acids is 1. The molecule has 0 aliphatic carbocycles. The Bertz CT molecular complexity index is 520. The van der Waals surface area contributed by atoms with E-state index in [9.17, 15) is 9.90 Å². The molecule has 1 aromatic rings. The molecular weight excluding hydrogens is 327 g/mol. The van der Waals surface area contributed by atoms with E-state index in [0.29, 0.717) is 22.3 Å². The van der Waals surface area contributed by atoms with Crippen LogP contribution in [0.5, 0.6) is 5.75 Å². The molecule has 1 saturated heterocycles. The highest BCUT2D eigenvalue weighted by Gasteiger charge is 2.23. The Morgan fingerprint density at radius 3 is 2.73 bits per heavy atom. The van der Waals surface area contributed by atoms with Crippen molar-refractivity contribution in [1.29, 1.82) is 0 Å². The maximum absolute atomic E-state index is 11.3. The van der Waals surface area contributed by atoms with Gasteiger partial charge >= 0.3 is 0 Å². The van der Waals surface area contributed by atoms with Gasteiger partial charge in [0.25, 0.3) is 0 Å². The summed E-state index contributed by atoms with van der Waals surface area (Å²) in [5.41, 5.74) is 0. The average Bonchev–Trinajstić information content (AvgIpc) is 2.49. The van der Waals surface area contributed by atoms with E-state index in [1.165, 1.54) is 4.90 Å². The molecule has 1 heterocycles. The molecule has 22 heavy (non-hydrogen) atoms. The van der Waals surface area contributed by atoms with Crippen LogP contribution in [0, 0.1) is 0 Å². The largest absolute Gasteiger partial charge is 0.489 e. The lowest BCUT2D eigenvalue weighted by atomic mass is 10.2. The van der Waals surface area contributed by atoms with Crippen molar-refractivity contribution >= 4 is 29.1 Å². The van der Waals surface area contributed by atoms with Crippen molar-refractivity contribution in [3.63, 3.8) is 0 Å². The molecule has 0 saturated carbocycles. The zero-order valence-corrected chi connectivity index (χ0v) is 14.0. The van der Waals surface area contributed by atoms with Gasteiger partial charge in [0.05, 0.1) is 31.2 Å². The third kappa shape index (κ3) is 5.02. The normalized spacial score (nSPS) is 17.4. The molecule has 0 unspecified atom stereocenters. The van der Waals surface area contributed by atoms with Crippen molar-refractivity contribution in [2.24, 2.45) is 0 Å². The number of piperazine rings is 1. The zero-order chi connectivity index (χ0) is 16.1. The second-order valence-corrected chi connectivity index (χ2v) is 6.34. The van der Waals surface area contributed by atoms with Crippen LogP contribution in [0.4, 0.5) is 0 Å². The molecule has 7 heteroatoms. The van der Waals surface area contributed by atoms with Crippen LogP contribution >= 0.6 is 23.2 Å². The van der Waals surface area contributed by atoms with Gasteiger partial charge in [-0.3, -0.25) is 4.79 Å². The molecule has 5 nitrogen and oxygen atoms in total. The maximum atomic E-state index is 11.3. The summed E-state index contributed by atoms with van der Waals surface area (Å²) in [6.45, 7) is 5.49. The lowest BCUT2D eigenvalue weighted by molar-refractivity contribution is -0.907. The first kappa shape index (κ1) is 17.3. The summed E-state index contributed by atoms with van der Waals surface area (Å²) in [6, 6.07) is 4.98. The number of halogens is 2. The van der Waals surface area contributed by atoms with Crippen molar-refractivity contribution in [3.8, 4) is 5.75 Å². The van der Waals surface area contributed by atoms with E-state index in [0.717, 1.165) is 26.2 Å². The first-order chi connectivity index (χ1) is 10.5. The number of aliphatic hydroxyl groups is 1. The number of quaternary nitrogens is 1. The van der Waals surface area contributed by atoms with Crippen LogP contribution in [0.3, 0.4) is 0 Å². The van der Waals surface area contributed by atoms with E-state index >= 15 is 0 Å². The quantitative estimate of drug-likeness (QED) is 0.814.